The molecule has 0 unspecified atom stereocenters. The van der Waals surface area contributed by atoms with Gasteiger partial charge in [-0.2, -0.15) is 0 Å². The molecule has 0 atom stereocenters. The average molecular weight is 1180 g/mol. The second kappa shape index (κ2) is 39.0. The van der Waals surface area contributed by atoms with Gasteiger partial charge in [-0.3, -0.25) is 38.4 Å². The van der Waals surface area contributed by atoms with E-state index in [1.54, 1.807) is 27.8 Å². The van der Waals surface area contributed by atoms with E-state index < -0.39 is 0 Å². The average Bonchev–Trinajstić information content (AvgIpc) is 4.08. The molecule has 2 fully saturated rings. The van der Waals surface area contributed by atoms with Crippen molar-refractivity contribution in [3.8, 4) is 0 Å². The number of carbonyl (C=O) groups excluding carboxylic acids is 8. The van der Waals surface area contributed by atoms with Crippen LogP contribution in [0.15, 0.2) is 60.7 Å². The minimum absolute atomic E-state index is 0.0405. The first kappa shape index (κ1) is 84.7. The van der Waals surface area contributed by atoms with E-state index in [2.05, 4.69) is 31.9 Å². The molecule has 1 saturated heterocycles. The van der Waals surface area contributed by atoms with Gasteiger partial charge in [0.25, 0.3) is 0 Å². The standard InChI is InChI=1S/C12H17NO.C11H15NO.C10H19NO.C9H17NO.C8H17NO.C7H15NO.C6H13NO.C5H11NO/c1-12(2,3)11(14)13-9-10-7-5-4-6-8-10;1-11(2,3)10(13)12-9-7-5-4-6-8-9;1-10(2,3)9(12)11-8-6-4-5-7-8;1-9(2,3)8(11)10-6-4-5-7-10;1-6(2)9-7(10)8(3,4)5;1-5-8-6(9)7(2,3)4;1-6(2,3)5(8)7-4;1-5(2,3)4(6)7/h4-8H,9H2,1-3H3,(H,13,14);4-8H,1-3H3,(H,12,13);8H,4-7H2,1-3H3,(H,11,12);4-7H2,1-3H3;6H,1-5H3,(H,9,10);5H2,1-4H3,(H,8,9);1-4H3,(H,7,8);1-3H3,(H2,6,7). The van der Waals surface area contributed by atoms with Crippen LogP contribution in [0.1, 0.15) is 231 Å². The van der Waals surface area contributed by atoms with Gasteiger partial charge in [0.2, 0.25) is 47.3 Å². The molecule has 0 bridgehead atoms. The summed E-state index contributed by atoms with van der Waals surface area (Å²) in [5, 5.41) is 17.0. The zero-order valence-electron chi connectivity index (χ0n) is 58.3. The number of nitrogens with zero attached hydrogens (tertiary/aromatic N) is 1. The summed E-state index contributed by atoms with van der Waals surface area (Å²) in [6, 6.07) is 20.1. The van der Waals surface area contributed by atoms with Crippen molar-refractivity contribution in [2.24, 2.45) is 49.1 Å². The van der Waals surface area contributed by atoms with Crippen LogP contribution in [0.3, 0.4) is 0 Å². The SMILES string of the molecule is CC(C)(C)C(=O)N1CCCC1.CC(C)(C)C(=O)NC1CCCC1.CC(C)(C)C(=O)NCc1ccccc1.CC(C)(C)C(=O)Nc1ccccc1.CC(C)(C)C(N)=O.CC(C)NC(=O)C(C)(C)C.CCNC(=O)C(C)(C)C.CNC(=O)C(C)(C)C. The van der Waals surface area contributed by atoms with Crippen molar-refractivity contribution in [2.45, 2.75) is 244 Å². The highest BCUT2D eigenvalue weighted by molar-refractivity contribution is 5.94. The highest BCUT2D eigenvalue weighted by atomic mass is 16.2. The molecule has 0 aromatic heterocycles. The maximum atomic E-state index is 11.6. The smallest absolute Gasteiger partial charge is 0.229 e. The van der Waals surface area contributed by atoms with E-state index in [-0.39, 0.29) is 90.7 Å². The summed E-state index contributed by atoms with van der Waals surface area (Å²) >= 11 is 0. The third-order valence-corrected chi connectivity index (χ3v) is 11.9. The van der Waals surface area contributed by atoms with Crippen LogP contribution in [0.25, 0.3) is 0 Å². The first-order chi connectivity index (χ1) is 37.8. The molecule has 2 aliphatic rings. The van der Waals surface area contributed by atoms with Crippen LogP contribution in [-0.4, -0.2) is 90.9 Å². The Hall–Kier alpha value is -5.80. The number of nitrogens with two attached hydrogens (primary N) is 1. The molecule has 2 aromatic carbocycles. The molecular formula is C68H124N8O8. The third-order valence-electron chi connectivity index (χ3n) is 11.9. The zero-order chi connectivity index (χ0) is 66.9. The predicted octanol–water partition coefficient (Wildman–Crippen LogP) is 12.8. The van der Waals surface area contributed by atoms with E-state index in [0.717, 1.165) is 30.9 Å². The molecule has 8 amide bonds. The number of carbonyl (C=O) groups is 8. The van der Waals surface area contributed by atoms with Gasteiger partial charge in [0.1, 0.15) is 0 Å². The topological polar surface area (TPSA) is 238 Å². The first-order valence-corrected chi connectivity index (χ1v) is 30.2. The summed E-state index contributed by atoms with van der Waals surface area (Å²) in [6.45, 7) is 54.8. The molecule has 4 rings (SSSR count). The number of anilines is 1. The molecule has 84 heavy (non-hydrogen) atoms. The molecule has 1 saturated carbocycles. The maximum Gasteiger partial charge on any atom is 0.229 e. The fraction of sp³-hybridized carbons (Fsp3) is 0.706. The Morgan fingerprint density at radius 3 is 1.11 bits per heavy atom. The number of hydrogen-bond donors (Lipinski definition) is 7. The lowest BCUT2D eigenvalue weighted by atomic mass is 9.95. The summed E-state index contributed by atoms with van der Waals surface area (Å²) in [7, 11) is 1.65. The Kier molecular flexibility index (Phi) is 39.3. The summed E-state index contributed by atoms with van der Waals surface area (Å²) in [5.74, 6) is 0.668. The molecule has 16 heteroatoms. The second-order valence-corrected chi connectivity index (χ2v) is 29.9. The van der Waals surface area contributed by atoms with Crippen LogP contribution in [0, 0.1) is 43.3 Å². The fourth-order valence-electron chi connectivity index (χ4n) is 6.03. The van der Waals surface area contributed by atoms with Crippen LogP contribution >= 0.6 is 0 Å². The van der Waals surface area contributed by atoms with Crippen molar-refractivity contribution in [1.29, 1.82) is 0 Å². The fourth-order valence-corrected chi connectivity index (χ4v) is 6.03. The Morgan fingerprint density at radius 2 is 0.833 bits per heavy atom. The second-order valence-electron chi connectivity index (χ2n) is 29.9. The molecule has 1 heterocycles. The molecule has 8 N–H and O–H groups in total. The summed E-state index contributed by atoms with van der Waals surface area (Å²) in [6.07, 6.45) is 7.25. The van der Waals surface area contributed by atoms with E-state index in [4.69, 9.17) is 5.73 Å². The number of nitrogens with one attached hydrogen (secondary N) is 6. The Morgan fingerprint density at radius 1 is 0.476 bits per heavy atom. The Labute approximate surface area is 512 Å². The number of hydrogen-bond acceptors (Lipinski definition) is 8. The molecule has 2 aromatic rings. The van der Waals surface area contributed by atoms with Crippen LogP contribution < -0.4 is 37.6 Å². The lowest BCUT2D eigenvalue weighted by Crippen LogP contribution is -2.40. The number of primary amides is 1. The normalized spacial score (nSPS) is 13.4. The molecule has 16 nitrogen and oxygen atoms in total. The molecule has 1 aliphatic heterocycles. The molecule has 1 aliphatic carbocycles. The third kappa shape index (κ3) is 44.7. The van der Waals surface area contributed by atoms with Crippen LogP contribution in [-0.2, 0) is 44.9 Å². The van der Waals surface area contributed by atoms with Gasteiger partial charge in [-0.1, -0.05) is 228 Å². The van der Waals surface area contributed by atoms with Crippen LogP contribution in [0.4, 0.5) is 5.69 Å². The summed E-state index contributed by atoms with van der Waals surface area (Å²) in [4.78, 5) is 91.2. The van der Waals surface area contributed by atoms with E-state index in [9.17, 15) is 38.4 Å². The van der Waals surface area contributed by atoms with E-state index in [1.165, 1.54) is 38.5 Å². The summed E-state index contributed by atoms with van der Waals surface area (Å²) in [5.41, 5.74) is 4.74. The van der Waals surface area contributed by atoms with E-state index >= 15 is 0 Å². The van der Waals surface area contributed by atoms with Crippen LogP contribution in [0.5, 0.6) is 0 Å². The van der Waals surface area contributed by atoms with Gasteiger partial charge < -0.3 is 42.5 Å². The minimum Gasteiger partial charge on any atom is -0.369 e. The number of rotatable bonds is 6. The van der Waals surface area contributed by atoms with Gasteiger partial charge in [0, 0.05) is 94.3 Å². The highest BCUT2D eigenvalue weighted by Gasteiger charge is 2.29. The van der Waals surface area contributed by atoms with Crippen LogP contribution in [0.2, 0.25) is 0 Å². The predicted molar refractivity (Wildman–Crippen MR) is 350 cm³/mol. The number of benzene rings is 2. The summed E-state index contributed by atoms with van der Waals surface area (Å²) < 4.78 is 0. The first-order valence-electron chi connectivity index (χ1n) is 30.2. The molecule has 0 radical (unpaired) electrons. The van der Waals surface area contributed by atoms with Crippen molar-refractivity contribution in [3.05, 3.63) is 66.2 Å². The van der Waals surface area contributed by atoms with Crippen molar-refractivity contribution in [1.82, 2.24) is 31.5 Å². The van der Waals surface area contributed by atoms with Crippen molar-refractivity contribution < 1.29 is 38.4 Å². The minimum atomic E-state index is -0.361. The van der Waals surface area contributed by atoms with Gasteiger partial charge in [-0.15, -0.1) is 0 Å². The number of amides is 8. The molecule has 484 valence electrons. The number of likely N-dealkylation sites (tertiary alicyclic amines) is 1. The Bertz CT molecular complexity index is 2210. The highest BCUT2D eigenvalue weighted by Crippen LogP contribution is 2.23. The van der Waals surface area contributed by atoms with Gasteiger partial charge in [0.15, 0.2) is 0 Å². The van der Waals surface area contributed by atoms with Gasteiger partial charge in [-0.25, -0.2) is 0 Å². The molecule has 0 spiro atoms. The van der Waals surface area contributed by atoms with E-state index in [0.29, 0.717) is 18.5 Å². The van der Waals surface area contributed by atoms with Gasteiger partial charge in [-0.05, 0) is 64.2 Å². The van der Waals surface area contributed by atoms with Crippen molar-refractivity contribution >= 4 is 52.9 Å². The van der Waals surface area contributed by atoms with Gasteiger partial charge in [0.05, 0.1) is 0 Å². The monoisotopic (exact) mass is 1180 g/mol. The zero-order valence-corrected chi connectivity index (χ0v) is 58.3. The van der Waals surface area contributed by atoms with Gasteiger partial charge >= 0.3 is 0 Å². The maximum absolute atomic E-state index is 11.6. The largest absolute Gasteiger partial charge is 0.369 e. The Balaban J connectivity index is -0.000000440. The van der Waals surface area contributed by atoms with Crippen molar-refractivity contribution in [2.75, 3.05) is 32.0 Å². The quantitative estimate of drug-likeness (QED) is 0.146. The van der Waals surface area contributed by atoms with E-state index in [1.807, 2.05) is 232 Å². The lowest BCUT2D eigenvalue weighted by molar-refractivity contribution is -0.138. The van der Waals surface area contributed by atoms with Crippen molar-refractivity contribution in [3.63, 3.8) is 0 Å². The lowest BCUT2D eigenvalue weighted by Gasteiger charge is -2.25. The molecular weight excluding hydrogens is 1060 g/mol. The number of para-hydroxylation sites is 1.